The molecule has 0 saturated carbocycles. The van der Waals surface area contributed by atoms with Crippen molar-refractivity contribution in [1.29, 1.82) is 0 Å². The van der Waals surface area contributed by atoms with Crippen molar-refractivity contribution in [2.75, 3.05) is 20.3 Å². The van der Waals surface area contributed by atoms with Crippen LogP contribution in [0.5, 0.6) is 0 Å². The van der Waals surface area contributed by atoms with Gasteiger partial charge in [0.1, 0.15) is 0 Å². The van der Waals surface area contributed by atoms with Crippen molar-refractivity contribution in [3.63, 3.8) is 0 Å². The van der Waals surface area contributed by atoms with E-state index in [0.717, 1.165) is 36.2 Å². The summed E-state index contributed by atoms with van der Waals surface area (Å²) >= 11 is 1.59. The maximum Gasteiger partial charge on any atom is 0.162 e. The van der Waals surface area contributed by atoms with E-state index in [9.17, 15) is 0 Å². The number of furan rings is 1. The molecule has 2 heterocycles. The largest absolute Gasteiger partial charge is 0.462 e. The maximum atomic E-state index is 5.28. The minimum Gasteiger partial charge on any atom is -0.462 e. The van der Waals surface area contributed by atoms with E-state index in [1.165, 1.54) is 0 Å². The molecule has 4 nitrogen and oxygen atoms in total. The van der Waals surface area contributed by atoms with Crippen LogP contribution in [0.2, 0.25) is 0 Å². The Labute approximate surface area is 98.3 Å². The fourth-order valence-corrected chi connectivity index (χ4v) is 2.08. The van der Waals surface area contributed by atoms with Gasteiger partial charge in [0.15, 0.2) is 10.8 Å². The van der Waals surface area contributed by atoms with E-state index >= 15 is 0 Å². The van der Waals surface area contributed by atoms with Gasteiger partial charge in [-0.2, -0.15) is 0 Å². The molecule has 0 unspecified atom stereocenters. The molecule has 1 N–H and O–H groups in total. The first kappa shape index (κ1) is 11.3. The maximum absolute atomic E-state index is 5.28. The lowest BCUT2D eigenvalue weighted by atomic mass is 10.4. The van der Waals surface area contributed by atoms with Gasteiger partial charge in [-0.1, -0.05) is 0 Å². The van der Waals surface area contributed by atoms with E-state index in [4.69, 9.17) is 9.15 Å². The zero-order valence-corrected chi connectivity index (χ0v) is 9.92. The zero-order chi connectivity index (χ0) is 11.2. The first-order chi connectivity index (χ1) is 7.90. The first-order valence-electron chi connectivity index (χ1n) is 5.08. The molecule has 0 saturated heterocycles. The van der Waals surface area contributed by atoms with Crippen molar-refractivity contribution in [2.24, 2.45) is 0 Å². The van der Waals surface area contributed by atoms with E-state index in [1.807, 2.05) is 17.5 Å². The predicted octanol–water partition coefficient (Wildman–Crippen LogP) is 2.14. The topological polar surface area (TPSA) is 47.3 Å². The molecular weight excluding hydrogens is 224 g/mol. The van der Waals surface area contributed by atoms with Gasteiger partial charge in [-0.25, -0.2) is 4.98 Å². The fraction of sp³-hybridized carbons (Fsp3) is 0.364. The Kier molecular flexibility index (Phi) is 4.10. The SMILES string of the molecule is COCCNCc1csc(-c2ccco2)n1. The van der Waals surface area contributed by atoms with Crippen LogP contribution in [-0.2, 0) is 11.3 Å². The highest BCUT2D eigenvalue weighted by Crippen LogP contribution is 2.23. The van der Waals surface area contributed by atoms with Crippen molar-refractivity contribution < 1.29 is 9.15 Å². The fourth-order valence-electron chi connectivity index (χ4n) is 1.29. The average molecular weight is 238 g/mol. The van der Waals surface area contributed by atoms with Crippen molar-refractivity contribution >= 4 is 11.3 Å². The van der Waals surface area contributed by atoms with Gasteiger partial charge in [0.25, 0.3) is 0 Å². The number of hydrogen-bond acceptors (Lipinski definition) is 5. The highest BCUT2D eigenvalue weighted by molar-refractivity contribution is 7.13. The molecule has 0 aliphatic carbocycles. The molecular formula is C11H14N2O2S. The molecule has 16 heavy (non-hydrogen) atoms. The quantitative estimate of drug-likeness (QED) is 0.783. The van der Waals surface area contributed by atoms with Gasteiger partial charge in [0.05, 0.1) is 18.6 Å². The zero-order valence-electron chi connectivity index (χ0n) is 9.10. The Morgan fingerprint density at radius 2 is 2.50 bits per heavy atom. The normalized spacial score (nSPS) is 10.8. The second kappa shape index (κ2) is 5.79. The monoisotopic (exact) mass is 238 g/mol. The lowest BCUT2D eigenvalue weighted by Crippen LogP contribution is -2.18. The van der Waals surface area contributed by atoms with Crippen LogP contribution in [0.25, 0.3) is 10.8 Å². The van der Waals surface area contributed by atoms with Crippen molar-refractivity contribution in [1.82, 2.24) is 10.3 Å². The summed E-state index contributed by atoms with van der Waals surface area (Å²) in [6.07, 6.45) is 1.66. The number of aromatic nitrogens is 1. The Bertz CT molecular complexity index is 411. The molecule has 5 heteroatoms. The van der Waals surface area contributed by atoms with Gasteiger partial charge >= 0.3 is 0 Å². The summed E-state index contributed by atoms with van der Waals surface area (Å²) in [6.45, 7) is 2.32. The highest BCUT2D eigenvalue weighted by Gasteiger charge is 2.06. The van der Waals surface area contributed by atoms with Crippen molar-refractivity contribution in [2.45, 2.75) is 6.54 Å². The number of thiazole rings is 1. The minimum atomic E-state index is 0.717. The van der Waals surface area contributed by atoms with Crippen molar-refractivity contribution in [3.05, 3.63) is 29.5 Å². The van der Waals surface area contributed by atoms with Crippen LogP contribution in [0.1, 0.15) is 5.69 Å². The summed E-state index contributed by atoms with van der Waals surface area (Å²) in [5, 5.41) is 6.21. The van der Waals surface area contributed by atoms with E-state index in [2.05, 4.69) is 10.3 Å². The van der Waals surface area contributed by atoms with Gasteiger partial charge in [0, 0.05) is 25.6 Å². The summed E-state index contributed by atoms with van der Waals surface area (Å²) in [4.78, 5) is 4.47. The standard InChI is InChI=1S/C11H14N2O2S/c1-14-6-4-12-7-9-8-16-11(13-9)10-3-2-5-15-10/h2-3,5,8,12H,4,6-7H2,1H3. The summed E-state index contributed by atoms with van der Waals surface area (Å²) in [5.41, 5.74) is 1.03. The van der Waals surface area contributed by atoms with Crippen LogP contribution in [0, 0.1) is 0 Å². The molecule has 0 fully saturated rings. The Morgan fingerprint density at radius 1 is 1.56 bits per heavy atom. The molecule has 0 bridgehead atoms. The number of rotatable bonds is 6. The van der Waals surface area contributed by atoms with Gasteiger partial charge < -0.3 is 14.5 Å². The van der Waals surface area contributed by atoms with Crippen LogP contribution in [0.3, 0.4) is 0 Å². The molecule has 0 amide bonds. The predicted molar refractivity (Wildman–Crippen MR) is 63.4 cm³/mol. The molecule has 0 aromatic carbocycles. The Morgan fingerprint density at radius 3 is 3.25 bits per heavy atom. The second-order valence-corrected chi connectivity index (χ2v) is 4.15. The smallest absolute Gasteiger partial charge is 0.162 e. The molecule has 0 aliphatic rings. The molecule has 0 radical (unpaired) electrons. The number of nitrogens with one attached hydrogen (secondary N) is 1. The molecule has 2 aromatic rings. The van der Waals surface area contributed by atoms with Gasteiger partial charge in [0.2, 0.25) is 0 Å². The molecule has 2 aromatic heterocycles. The number of ether oxygens (including phenoxy) is 1. The van der Waals surface area contributed by atoms with Crippen LogP contribution >= 0.6 is 11.3 Å². The summed E-state index contributed by atoms with van der Waals surface area (Å²) < 4.78 is 10.2. The van der Waals surface area contributed by atoms with Gasteiger partial charge in [-0.15, -0.1) is 11.3 Å². The van der Waals surface area contributed by atoms with E-state index in [0.29, 0.717) is 0 Å². The third kappa shape index (κ3) is 2.91. The lowest BCUT2D eigenvalue weighted by Gasteiger charge is -2.00. The average Bonchev–Trinajstić information content (AvgIpc) is 2.94. The van der Waals surface area contributed by atoms with E-state index in [-0.39, 0.29) is 0 Å². The second-order valence-electron chi connectivity index (χ2n) is 3.29. The summed E-state index contributed by atoms with van der Waals surface area (Å²) in [5.74, 6) is 0.827. The third-order valence-electron chi connectivity index (χ3n) is 2.07. The van der Waals surface area contributed by atoms with Crippen LogP contribution in [0.4, 0.5) is 0 Å². The summed E-state index contributed by atoms with van der Waals surface area (Å²) in [6, 6.07) is 3.79. The van der Waals surface area contributed by atoms with Crippen LogP contribution in [-0.4, -0.2) is 25.2 Å². The van der Waals surface area contributed by atoms with Crippen molar-refractivity contribution in [3.8, 4) is 10.8 Å². The number of nitrogens with zero attached hydrogens (tertiary/aromatic N) is 1. The molecule has 0 spiro atoms. The number of methoxy groups -OCH3 is 1. The molecule has 2 rings (SSSR count). The first-order valence-corrected chi connectivity index (χ1v) is 5.96. The minimum absolute atomic E-state index is 0.717. The van der Waals surface area contributed by atoms with Gasteiger partial charge in [-0.05, 0) is 12.1 Å². The Hall–Kier alpha value is -1.17. The highest BCUT2D eigenvalue weighted by atomic mass is 32.1. The molecule has 0 aliphatic heterocycles. The van der Waals surface area contributed by atoms with E-state index in [1.54, 1.807) is 24.7 Å². The summed E-state index contributed by atoms with van der Waals surface area (Å²) in [7, 11) is 1.69. The van der Waals surface area contributed by atoms with E-state index < -0.39 is 0 Å². The third-order valence-corrected chi connectivity index (χ3v) is 2.98. The van der Waals surface area contributed by atoms with Gasteiger partial charge in [-0.3, -0.25) is 0 Å². The van der Waals surface area contributed by atoms with Crippen LogP contribution < -0.4 is 5.32 Å². The Balaban J connectivity index is 1.88. The lowest BCUT2D eigenvalue weighted by molar-refractivity contribution is 0.199. The molecule has 0 atom stereocenters. The number of hydrogen-bond donors (Lipinski definition) is 1. The molecule has 86 valence electrons. The van der Waals surface area contributed by atoms with Crippen LogP contribution in [0.15, 0.2) is 28.2 Å².